The van der Waals surface area contributed by atoms with Crippen LogP contribution < -0.4 is 4.74 Å². The zero-order chi connectivity index (χ0) is 13.0. The van der Waals surface area contributed by atoms with E-state index in [-0.39, 0.29) is 12.6 Å². The molecule has 0 unspecified atom stereocenters. The van der Waals surface area contributed by atoms with Crippen molar-refractivity contribution in [1.29, 1.82) is 0 Å². The Morgan fingerprint density at radius 3 is 2.44 bits per heavy atom. The maximum Gasteiger partial charge on any atom is 0.309 e. The third-order valence-electron chi connectivity index (χ3n) is 3.40. The molecule has 0 radical (unpaired) electrons. The first kappa shape index (κ1) is 12.9. The molecule has 0 saturated heterocycles. The second-order valence-corrected chi connectivity index (χ2v) is 4.69. The van der Waals surface area contributed by atoms with Gasteiger partial charge in [0.15, 0.2) is 0 Å². The van der Waals surface area contributed by atoms with Gasteiger partial charge in [-0.3, -0.25) is 4.79 Å². The number of hydrogen-bond donors (Lipinski definition) is 1. The maximum absolute atomic E-state index is 11.4. The number of aliphatic hydroxyl groups excluding tert-OH is 1. The molecular formula is C14H18O4. The van der Waals surface area contributed by atoms with Gasteiger partial charge in [0.2, 0.25) is 0 Å². The molecule has 98 valence electrons. The Bertz CT molecular complexity index is 406. The van der Waals surface area contributed by atoms with Gasteiger partial charge in [-0.15, -0.1) is 0 Å². The van der Waals surface area contributed by atoms with E-state index in [9.17, 15) is 4.79 Å². The van der Waals surface area contributed by atoms with Crippen LogP contribution in [0.4, 0.5) is 0 Å². The van der Waals surface area contributed by atoms with Gasteiger partial charge in [-0.1, -0.05) is 12.1 Å². The fourth-order valence-corrected chi connectivity index (χ4v) is 2.13. The van der Waals surface area contributed by atoms with Crippen molar-refractivity contribution >= 4 is 5.97 Å². The van der Waals surface area contributed by atoms with E-state index in [0.29, 0.717) is 6.42 Å². The highest BCUT2D eigenvalue weighted by atomic mass is 16.5. The van der Waals surface area contributed by atoms with Crippen LogP contribution in [0.5, 0.6) is 5.75 Å². The molecule has 0 spiro atoms. The summed E-state index contributed by atoms with van der Waals surface area (Å²) in [5.41, 5.74) is 0.450. The molecule has 1 aromatic carbocycles. The maximum atomic E-state index is 11.4. The SMILES string of the molecule is COC(=O)CC1(Oc2ccc(CO)cc2)CCC1. The van der Waals surface area contributed by atoms with Crippen LogP contribution in [0, 0.1) is 0 Å². The first-order valence-electron chi connectivity index (χ1n) is 6.13. The first-order valence-corrected chi connectivity index (χ1v) is 6.13. The quantitative estimate of drug-likeness (QED) is 0.812. The Labute approximate surface area is 107 Å². The molecular weight excluding hydrogens is 232 g/mol. The first-order chi connectivity index (χ1) is 8.67. The minimum Gasteiger partial charge on any atom is -0.487 e. The molecule has 4 heteroatoms. The molecule has 1 saturated carbocycles. The Morgan fingerprint density at radius 1 is 1.33 bits per heavy atom. The monoisotopic (exact) mass is 250 g/mol. The third kappa shape index (κ3) is 2.82. The number of carbonyl (C=O) groups is 1. The number of methoxy groups -OCH3 is 1. The minimum atomic E-state index is -0.395. The second kappa shape index (κ2) is 5.40. The Hall–Kier alpha value is -1.55. The highest BCUT2D eigenvalue weighted by Gasteiger charge is 2.41. The van der Waals surface area contributed by atoms with Gasteiger partial charge >= 0.3 is 5.97 Å². The summed E-state index contributed by atoms with van der Waals surface area (Å²) in [4.78, 5) is 11.4. The lowest BCUT2D eigenvalue weighted by molar-refractivity contribution is -0.148. The number of ether oxygens (including phenoxy) is 2. The van der Waals surface area contributed by atoms with E-state index in [1.165, 1.54) is 7.11 Å². The van der Waals surface area contributed by atoms with Crippen molar-refractivity contribution in [3.05, 3.63) is 29.8 Å². The fourth-order valence-electron chi connectivity index (χ4n) is 2.13. The average Bonchev–Trinajstić information content (AvgIpc) is 2.36. The normalized spacial score (nSPS) is 16.8. The number of esters is 1. The summed E-state index contributed by atoms with van der Waals surface area (Å²) < 4.78 is 10.6. The Kier molecular flexibility index (Phi) is 3.87. The summed E-state index contributed by atoms with van der Waals surface area (Å²) in [5.74, 6) is 0.498. The van der Waals surface area contributed by atoms with Gasteiger partial charge in [0, 0.05) is 0 Å². The van der Waals surface area contributed by atoms with Crippen molar-refractivity contribution in [2.75, 3.05) is 7.11 Å². The summed E-state index contributed by atoms with van der Waals surface area (Å²) in [6.07, 6.45) is 3.13. The molecule has 0 amide bonds. The van der Waals surface area contributed by atoms with Crippen LogP contribution in [0.25, 0.3) is 0 Å². The predicted octanol–water partition coefficient (Wildman–Crippen LogP) is 2.04. The summed E-state index contributed by atoms with van der Waals surface area (Å²) in [5, 5.41) is 8.97. The Balaban J connectivity index is 2.02. The molecule has 4 nitrogen and oxygen atoms in total. The van der Waals surface area contributed by atoms with Crippen LogP contribution in [-0.2, 0) is 16.1 Å². The zero-order valence-electron chi connectivity index (χ0n) is 10.5. The predicted molar refractivity (Wildman–Crippen MR) is 66.2 cm³/mol. The molecule has 0 aromatic heterocycles. The van der Waals surface area contributed by atoms with Crippen molar-refractivity contribution in [2.45, 2.75) is 37.9 Å². The van der Waals surface area contributed by atoms with Gasteiger partial charge in [-0.2, -0.15) is 0 Å². The summed E-state index contributed by atoms with van der Waals surface area (Å²) >= 11 is 0. The number of carbonyl (C=O) groups excluding carboxylic acids is 1. The van der Waals surface area contributed by atoms with Crippen LogP contribution in [0.1, 0.15) is 31.2 Å². The van der Waals surface area contributed by atoms with Gasteiger partial charge < -0.3 is 14.6 Å². The van der Waals surface area contributed by atoms with Crippen LogP contribution in [0.3, 0.4) is 0 Å². The summed E-state index contributed by atoms with van der Waals surface area (Å²) in [6, 6.07) is 7.28. The van der Waals surface area contributed by atoms with E-state index in [1.807, 2.05) is 24.3 Å². The van der Waals surface area contributed by atoms with E-state index < -0.39 is 5.60 Å². The molecule has 0 atom stereocenters. The topological polar surface area (TPSA) is 55.8 Å². The van der Waals surface area contributed by atoms with Crippen LogP contribution in [0.2, 0.25) is 0 Å². The highest BCUT2D eigenvalue weighted by molar-refractivity contribution is 5.70. The smallest absolute Gasteiger partial charge is 0.309 e. The molecule has 1 aliphatic carbocycles. The van der Waals surface area contributed by atoms with Crippen molar-refractivity contribution in [3.8, 4) is 5.75 Å². The second-order valence-electron chi connectivity index (χ2n) is 4.69. The molecule has 0 heterocycles. The lowest BCUT2D eigenvalue weighted by atomic mass is 9.77. The number of hydrogen-bond acceptors (Lipinski definition) is 4. The van der Waals surface area contributed by atoms with Crippen LogP contribution in [0.15, 0.2) is 24.3 Å². The van der Waals surface area contributed by atoms with Gasteiger partial charge in [-0.05, 0) is 37.0 Å². The van der Waals surface area contributed by atoms with E-state index in [1.54, 1.807) is 0 Å². The third-order valence-corrected chi connectivity index (χ3v) is 3.40. The highest BCUT2D eigenvalue weighted by Crippen LogP contribution is 2.39. The molecule has 2 rings (SSSR count). The lowest BCUT2D eigenvalue weighted by Crippen LogP contribution is -2.45. The Morgan fingerprint density at radius 2 is 2.00 bits per heavy atom. The number of benzene rings is 1. The molecule has 18 heavy (non-hydrogen) atoms. The molecule has 1 fully saturated rings. The largest absolute Gasteiger partial charge is 0.487 e. The van der Waals surface area contributed by atoms with Crippen molar-refractivity contribution < 1.29 is 19.4 Å². The lowest BCUT2D eigenvalue weighted by Gasteiger charge is -2.41. The van der Waals surface area contributed by atoms with Crippen LogP contribution >= 0.6 is 0 Å². The molecule has 1 aromatic rings. The van der Waals surface area contributed by atoms with E-state index >= 15 is 0 Å². The molecule has 0 aliphatic heterocycles. The zero-order valence-corrected chi connectivity index (χ0v) is 10.5. The van der Waals surface area contributed by atoms with E-state index in [0.717, 1.165) is 30.6 Å². The van der Waals surface area contributed by atoms with Crippen molar-refractivity contribution in [1.82, 2.24) is 0 Å². The summed E-state index contributed by atoms with van der Waals surface area (Å²) in [7, 11) is 1.39. The minimum absolute atomic E-state index is 0.0214. The molecule has 1 N–H and O–H groups in total. The number of rotatable bonds is 5. The molecule has 0 bridgehead atoms. The van der Waals surface area contributed by atoms with E-state index in [4.69, 9.17) is 14.6 Å². The van der Waals surface area contributed by atoms with Gasteiger partial charge in [0.1, 0.15) is 11.4 Å². The molecule has 1 aliphatic rings. The van der Waals surface area contributed by atoms with Crippen molar-refractivity contribution in [2.24, 2.45) is 0 Å². The van der Waals surface area contributed by atoms with Gasteiger partial charge in [-0.25, -0.2) is 0 Å². The van der Waals surface area contributed by atoms with E-state index in [2.05, 4.69) is 0 Å². The van der Waals surface area contributed by atoms with Crippen molar-refractivity contribution in [3.63, 3.8) is 0 Å². The fraction of sp³-hybridized carbons (Fsp3) is 0.500. The number of aliphatic hydroxyl groups is 1. The van der Waals surface area contributed by atoms with Gasteiger partial charge in [0.05, 0.1) is 20.1 Å². The average molecular weight is 250 g/mol. The standard InChI is InChI=1S/C14H18O4/c1-17-13(16)9-14(7-2-8-14)18-12-5-3-11(10-15)4-6-12/h3-6,15H,2,7-10H2,1H3. The van der Waals surface area contributed by atoms with Crippen LogP contribution in [-0.4, -0.2) is 23.8 Å². The van der Waals surface area contributed by atoms with Gasteiger partial charge in [0.25, 0.3) is 0 Å². The summed E-state index contributed by atoms with van der Waals surface area (Å²) in [6.45, 7) is 0.0214.